The number of nitrogens with two attached hydrogens (primary N) is 1. The van der Waals surface area contributed by atoms with Crippen molar-refractivity contribution in [2.45, 2.75) is 32.5 Å². The summed E-state index contributed by atoms with van der Waals surface area (Å²) in [7, 11) is 0. The number of hydrogen-bond donors (Lipinski definition) is 1. The van der Waals surface area contributed by atoms with Gasteiger partial charge in [0.1, 0.15) is 11.3 Å². The van der Waals surface area contributed by atoms with E-state index in [4.69, 9.17) is 10.5 Å². The van der Waals surface area contributed by atoms with Crippen molar-refractivity contribution in [1.82, 2.24) is 9.55 Å². The molecule has 0 radical (unpaired) electrons. The van der Waals surface area contributed by atoms with E-state index in [0.717, 1.165) is 0 Å². The number of benzene rings is 1. The van der Waals surface area contributed by atoms with E-state index < -0.39 is 12.6 Å². The Morgan fingerprint density at radius 3 is 2.75 bits per heavy atom. The molecule has 0 fully saturated rings. The molecule has 4 nitrogen and oxygen atoms in total. The normalized spacial score (nSPS) is 12.0. The van der Waals surface area contributed by atoms with Crippen molar-refractivity contribution in [3.63, 3.8) is 0 Å². The van der Waals surface area contributed by atoms with E-state index in [9.17, 15) is 13.2 Å². The van der Waals surface area contributed by atoms with Gasteiger partial charge in [0.2, 0.25) is 5.95 Å². The maximum Gasteiger partial charge on any atom is 0.389 e. The minimum atomic E-state index is -4.15. The predicted molar refractivity (Wildman–Crippen MR) is 70.6 cm³/mol. The summed E-state index contributed by atoms with van der Waals surface area (Å²) in [4.78, 5) is 4.18. The fourth-order valence-electron chi connectivity index (χ4n) is 2.08. The first kappa shape index (κ1) is 14.5. The van der Waals surface area contributed by atoms with E-state index in [1.165, 1.54) is 0 Å². The Labute approximate surface area is 114 Å². The molecular weight excluding hydrogens is 271 g/mol. The zero-order valence-electron chi connectivity index (χ0n) is 11.1. The molecule has 0 amide bonds. The van der Waals surface area contributed by atoms with Crippen molar-refractivity contribution >= 4 is 17.0 Å². The molecule has 0 saturated heterocycles. The van der Waals surface area contributed by atoms with Crippen LogP contribution in [-0.2, 0) is 6.54 Å². The molecule has 110 valence electrons. The van der Waals surface area contributed by atoms with Crippen LogP contribution >= 0.6 is 0 Å². The van der Waals surface area contributed by atoms with Crippen molar-refractivity contribution in [2.75, 3.05) is 12.3 Å². The third kappa shape index (κ3) is 3.15. The number of nitrogens with zero attached hydrogens (tertiary/aromatic N) is 2. The highest BCUT2D eigenvalue weighted by Crippen LogP contribution is 2.28. The maximum absolute atomic E-state index is 12.2. The van der Waals surface area contributed by atoms with Crippen LogP contribution in [0.15, 0.2) is 18.2 Å². The van der Waals surface area contributed by atoms with Gasteiger partial charge in [0.25, 0.3) is 0 Å². The van der Waals surface area contributed by atoms with Gasteiger partial charge in [0, 0.05) is 13.0 Å². The smallest absolute Gasteiger partial charge is 0.389 e. The fourth-order valence-corrected chi connectivity index (χ4v) is 2.08. The lowest BCUT2D eigenvalue weighted by Crippen LogP contribution is -2.10. The number of nitrogen functional groups attached to an aromatic ring is 1. The van der Waals surface area contributed by atoms with Gasteiger partial charge in [-0.15, -0.1) is 0 Å². The van der Waals surface area contributed by atoms with Gasteiger partial charge >= 0.3 is 6.18 Å². The summed E-state index contributed by atoms with van der Waals surface area (Å²) in [5.41, 5.74) is 7.06. The minimum absolute atomic E-state index is 0.0297. The molecule has 1 aromatic carbocycles. The Morgan fingerprint density at radius 1 is 1.35 bits per heavy atom. The van der Waals surface area contributed by atoms with Crippen molar-refractivity contribution in [3.05, 3.63) is 18.2 Å². The van der Waals surface area contributed by atoms with Crippen molar-refractivity contribution < 1.29 is 17.9 Å². The molecule has 0 aliphatic carbocycles. The molecule has 1 aromatic heterocycles. The van der Waals surface area contributed by atoms with Crippen molar-refractivity contribution in [1.29, 1.82) is 0 Å². The van der Waals surface area contributed by atoms with Gasteiger partial charge < -0.3 is 15.0 Å². The number of anilines is 1. The third-order valence-corrected chi connectivity index (χ3v) is 2.91. The van der Waals surface area contributed by atoms with Crippen LogP contribution in [-0.4, -0.2) is 22.3 Å². The van der Waals surface area contributed by atoms with Gasteiger partial charge in [-0.05, 0) is 25.5 Å². The van der Waals surface area contributed by atoms with E-state index in [-0.39, 0.29) is 18.9 Å². The number of hydrogen-bond acceptors (Lipinski definition) is 3. The van der Waals surface area contributed by atoms with Crippen molar-refractivity contribution in [2.24, 2.45) is 0 Å². The SMILES string of the molecule is CCOc1cccc2c1nc(N)n2CCCC(F)(F)F. The quantitative estimate of drug-likeness (QED) is 0.917. The number of aromatic nitrogens is 2. The Bertz CT molecular complexity index is 592. The van der Waals surface area contributed by atoms with Crippen LogP contribution in [0.5, 0.6) is 5.75 Å². The maximum atomic E-state index is 12.2. The summed E-state index contributed by atoms with van der Waals surface area (Å²) in [5, 5.41) is 0. The zero-order chi connectivity index (χ0) is 14.8. The van der Waals surface area contributed by atoms with Crippen LogP contribution in [0.1, 0.15) is 19.8 Å². The number of ether oxygens (including phenoxy) is 1. The number of aryl methyl sites for hydroxylation is 1. The molecule has 0 unspecified atom stereocenters. The van der Waals surface area contributed by atoms with E-state index in [2.05, 4.69) is 4.98 Å². The van der Waals surface area contributed by atoms with Gasteiger partial charge in [-0.2, -0.15) is 13.2 Å². The highest BCUT2D eigenvalue weighted by atomic mass is 19.4. The summed E-state index contributed by atoms with van der Waals surface area (Å²) >= 11 is 0. The average Bonchev–Trinajstić information content (AvgIpc) is 2.66. The van der Waals surface area contributed by atoms with Crippen LogP contribution < -0.4 is 10.5 Å². The average molecular weight is 287 g/mol. The first-order chi connectivity index (χ1) is 9.42. The van der Waals surface area contributed by atoms with Crippen LogP contribution in [0.2, 0.25) is 0 Å². The molecular formula is C13H16F3N3O. The molecule has 0 aliphatic heterocycles. The van der Waals surface area contributed by atoms with E-state index >= 15 is 0 Å². The number of halogens is 3. The number of rotatable bonds is 5. The Balaban J connectivity index is 2.25. The Morgan fingerprint density at radius 2 is 2.10 bits per heavy atom. The number of alkyl halides is 3. The molecule has 2 N–H and O–H groups in total. The molecule has 1 heterocycles. The monoisotopic (exact) mass is 287 g/mol. The highest BCUT2D eigenvalue weighted by Gasteiger charge is 2.26. The number of fused-ring (bicyclic) bond motifs is 1. The van der Waals surface area contributed by atoms with Gasteiger partial charge in [0.15, 0.2) is 0 Å². The second kappa shape index (κ2) is 5.60. The lowest BCUT2D eigenvalue weighted by molar-refractivity contribution is -0.135. The molecule has 0 bridgehead atoms. The standard InChI is InChI=1S/C13H16F3N3O/c1-2-20-10-6-3-5-9-11(10)18-12(17)19(9)8-4-7-13(14,15)16/h3,5-6H,2,4,7-8H2,1H3,(H2,17,18). The fraction of sp³-hybridized carbons (Fsp3) is 0.462. The van der Waals surface area contributed by atoms with Crippen molar-refractivity contribution in [3.8, 4) is 5.75 Å². The molecule has 2 rings (SSSR count). The molecule has 7 heteroatoms. The largest absolute Gasteiger partial charge is 0.492 e. The molecule has 0 spiro atoms. The second-order valence-electron chi connectivity index (χ2n) is 4.40. The predicted octanol–water partition coefficient (Wildman–Crippen LogP) is 3.36. The summed E-state index contributed by atoms with van der Waals surface area (Å²) < 4.78 is 43.6. The summed E-state index contributed by atoms with van der Waals surface area (Å²) in [6, 6.07) is 5.31. The third-order valence-electron chi connectivity index (χ3n) is 2.91. The van der Waals surface area contributed by atoms with E-state index in [1.807, 2.05) is 6.92 Å². The lowest BCUT2D eigenvalue weighted by atomic mass is 10.2. The lowest BCUT2D eigenvalue weighted by Gasteiger charge is -2.09. The summed E-state index contributed by atoms with van der Waals surface area (Å²) in [6.45, 7) is 2.51. The first-order valence-corrected chi connectivity index (χ1v) is 6.36. The summed E-state index contributed by atoms with van der Waals surface area (Å²) in [6.07, 6.45) is -5.02. The Hall–Kier alpha value is -1.92. The van der Waals surface area contributed by atoms with Gasteiger partial charge in [0.05, 0.1) is 12.1 Å². The van der Waals surface area contributed by atoms with Crippen LogP contribution in [0.3, 0.4) is 0 Å². The molecule has 0 atom stereocenters. The summed E-state index contributed by atoms with van der Waals surface area (Å²) in [5.74, 6) is 0.792. The van der Waals surface area contributed by atoms with Crippen LogP contribution in [0.25, 0.3) is 11.0 Å². The van der Waals surface area contributed by atoms with Crippen LogP contribution in [0, 0.1) is 0 Å². The Kier molecular flexibility index (Phi) is 4.06. The van der Waals surface area contributed by atoms with Gasteiger partial charge in [-0.3, -0.25) is 0 Å². The number of para-hydroxylation sites is 1. The molecule has 0 saturated carbocycles. The second-order valence-corrected chi connectivity index (χ2v) is 4.40. The van der Waals surface area contributed by atoms with Crippen LogP contribution in [0.4, 0.5) is 19.1 Å². The van der Waals surface area contributed by atoms with E-state index in [1.54, 1.807) is 22.8 Å². The minimum Gasteiger partial charge on any atom is -0.492 e. The molecule has 0 aliphatic rings. The molecule has 2 aromatic rings. The number of imidazole rings is 1. The van der Waals surface area contributed by atoms with Gasteiger partial charge in [-0.25, -0.2) is 4.98 Å². The first-order valence-electron chi connectivity index (χ1n) is 6.36. The molecule has 20 heavy (non-hydrogen) atoms. The highest BCUT2D eigenvalue weighted by molar-refractivity contribution is 5.84. The van der Waals surface area contributed by atoms with E-state index in [0.29, 0.717) is 23.4 Å². The zero-order valence-corrected chi connectivity index (χ0v) is 11.1. The topological polar surface area (TPSA) is 53.1 Å². The van der Waals surface area contributed by atoms with Gasteiger partial charge in [-0.1, -0.05) is 6.07 Å².